The summed E-state index contributed by atoms with van der Waals surface area (Å²) < 4.78 is 0. The average Bonchev–Trinajstić information content (AvgIpc) is 3.05. The van der Waals surface area contributed by atoms with Gasteiger partial charge in [0, 0.05) is 17.8 Å². The zero-order valence-electron chi connectivity index (χ0n) is 20.7. The third kappa shape index (κ3) is 3.97. The number of halogens is 1. The van der Waals surface area contributed by atoms with Gasteiger partial charge in [-0.15, -0.1) is 0 Å². The molecule has 0 spiro atoms. The van der Waals surface area contributed by atoms with Crippen LogP contribution in [0.25, 0.3) is 0 Å². The minimum Gasteiger partial charge on any atom is -0.263 e. The van der Waals surface area contributed by atoms with Crippen LogP contribution >= 0.6 is 11.6 Å². The van der Waals surface area contributed by atoms with Crippen molar-refractivity contribution in [1.82, 2.24) is 0 Å². The van der Waals surface area contributed by atoms with Gasteiger partial charge in [-0.3, -0.25) is 10.1 Å². The topological polar surface area (TPSA) is 43.1 Å². The quantitative estimate of drug-likeness (QED) is 0.176. The molecule has 4 saturated carbocycles. The van der Waals surface area contributed by atoms with Gasteiger partial charge in [0.25, 0.3) is 5.00 Å². The first-order valence-corrected chi connectivity index (χ1v) is 13.7. The van der Waals surface area contributed by atoms with Crippen LogP contribution in [0.3, 0.4) is 0 Å². The lowest BCUT2D eigenvalue weighted by Crippen LogP contribution is -2.56. The molecule has 4 rings (SSSR count). The molecule has 4 aliphatic rings. The van der Waals surface area contributed by atoms with Crippen molar-refractivity contribution in [3.8, 4) is 0 Å². The Morgan fingerprint density at radius 1 is 0.935 bits per heavy atom. The Labute approximate surface area is 195 Å². The number of hydrogen-bond acceptors (Lipinski definition) is 2. The summed E-state index contributed by atoms with van der Waals surface area (Å²) >= 11 is 6.49. The van der Waals surface area contributed by atoms with E-state index >= 15 is 0 Å². The molecule has 9 atom stereocenters. The van der Waals surface area contributed by atoms with Gasteiger partial charge >= 0.3 is 0 Å². The number of hydrogen-bond donors (Lipinski definition) is 0. The summed E-state index contributed by atoms with van der Waals surface area (Å²) in [7, 11) is 0. The van der Waals surface area contributed by atoms with Crippen LogP contribution in [-0.2, 0) is 0 Å². The van der Waals surface area contributed by atoms with Crippen LogP contribution in [0.4, 0.5) is 0 Å². The molecule has 0 heterocycles. The molecule has 0 aromatic carbocycles. The SMILES string of the molecule is CC(C)CCC[C@@H](C)[C@@H]1CC[C@@H]2[C@@H]3CC[C@H]4C[C@](Cl)([N+](=O)[O-])CC[C@]4(C)[C@@H]3CC[C@@]21C. The fraction of sp³-hybridized carbons (Fsp3) is 1.00. The van der Waals surface area contributed by atoms with E-state index in [2.05, 4.69) is 34.6 Å². The minimum absolute atomic E-state index is 0.194. The first kappa shape index (κ1) is 23.8. The van der Waals surface area contributed by atoms with Gasteiger partial charge in [0.05, 0.1) is 0 Å². The van der Waals surface area contributed by atoms with Crippen LogP contribution < -0.4 is 0 Å². The molecule has 0 unspecified atom stereocenters. The van der Waals surface area contributed by atoms with E-state index in [1.165, 1.54) is 51.4 Å². The molecular formula is C27H46ClNO2. The standard InChI is InChI=1S/C27H46ClNO2/c1-18(2)7-6-8-19(3)22-11-12-23-21-10-9-20-17-27(28,29(30)31)16-15-25(20,4)24(21)13-14-26(22,23)5/h18-24H,6-17H2,1-5H3/t19-,20+,21+,22+,23-,24-,25+,26-,27-/m1/s1. The summed E-state index contributed by atoms with van der Waals surface area (Å²) in [6, 6.07) is 0. The third-order valence-corrected chi connectivity index (χ3v) is 11.7. The molecule has 0 aromatic heterocycles. The van der Waals surface area contributed by atoms with Crippen LogP contribution in [-0.4, -0.2) is 9.92 Å². The minimum atomic E-state index is -1.20. The van der Waals surface area contributed by atoms with Crippen molar-refractivity contribution in [2.24, 2.45) is 52.3 Å². The van der Waals surface area contributed by atoms with Gasteiger partial charge < -0.3 is 0 Å². The molecule has 3 nitrogen and oxygen atoms in total. The molecule has 0 N–H and O–H groups in total. The average molecular weight is 452 g/mol. The van der Waals surface area contributed by atoms with Crippen molar-refractivity contribution < 1.29 is 4.92 Å². The van der Waals surface area contributed by atoms with Crippen molar-refractivity contribution in [2.75, 3.05) is 0 Å². The molecular weight excluding hydrogens is 406 g/mol. The van der Waals surface area contributed by atoms with Crippen LogP contribution in [0.5, 0.6) is 0 Å². The molecule has 0 bridgehead atoms. The summed E-state index contributed by atoms with van der Waals surface area (Å²) in [5.41, 5.74) is 0.785. The second-order valence-electron chi connectivity index (χ2n) is 13.1. The van der Waals surface area contributed by atoms with E-state index in [0.29, 0.717) is 24.2 Å². The Bertz CT molecular complexity index is 682. The maximum absolute atomic E-state index is 11.6. The zero-order chi connectivity index (χ0) is 22.6. The van der Waals surface area contributed by atoms with E-state index in [9.17, 15) is 10.1 Å². The fourth-order valence-corrected chi connectivity index (χ4v) is 9.67. The van der Waals surface area contributed by atoms with Gasteiger partial charge in [-0.1, -0.05) is 53.9 Å². The summed E-state index contributed by atoms with van der Waals surface area (Å²) in [5.74, 6) is 5.47. The normalized spacial score (nSPS) is 48.0. The molecule has 4 heteroatoms. The van der Waals surface area contributed by atoms with Crippen LogP contribution in [0.2, 0.25) is 0 Å². The molecule has 31 heavy (non-hydrogen) atoms. The number of nitrogens with zero attached hydrogens (tertiary/aromatic N) is 1. The number of rotatable bonds is 6. The highest BCUT2D eigenvalue weighted by Crippen LogP contribution is 2.69. The summed E-state index contributed by atoms with van der Waals surface area (Å²) in [6.45, 7) is 12.4. The second-order valence-corrected chi connectivity index (χ2v) is 13.8. The number of nitro groups is 1. The van der Waals surface area contributed by atoms with Crippen molar-refractivity contribution in [3.05, 3.63) is 10.1 Å². The molecule has 0 aromatic rings. The van der Waals surface area contributed by atoms with Gasteiger partial charge in [0.2, 0.25) is 0 Å². The molecule has 4 aliphatic carbocycles. The van der Waals surface area contributed by atoms with E-state index in [-0.39, 0.29) is 10.3 Å². The van der Waals surface area contributed by atoms with Crippen molar-refractivity contribution in [3.63, 3.8) is 0 Å². The Hall–Kier alpha value is -0.310. The maximum Gasteiger partial charge on any atom is 0.295 e. The van der Waals surface area contributed by atoms with E-state index in [0.717, 1.165) is 48.3 Å². The molecule has 4 fully saturated rings. The Kier molecular flexibility index (Phi) is 6.52. The molecule has 178 valence electrons. The van der Waals surface area contributed by atoms with Crippen molar-refractivity contribution in [2.45, 2.75) is 117 Å². The van der Waals surface area contributed by atoms with Gasteiger partial charge in [0.1, 0.15) is 0 Å². The number of alkyl halides is 1. The van der Waals surface area contributed by atoms with Gasteiger partial charge in [0.15, 0.2) is 0 Å². The Morgan fingerprint density at radius 3 is 2.32 bits per heavy atom. The van der Waals surface area contributed by atoms with Crippen molar-refractivity contribution >= 4 is 11.6 Å². The second kappa shape index (κ2) is 8.48. The fourth-order valence-electron chi connectivity index (χ4n) is 9.39. The third-order valence-electron chi connectivity index (χ3n) is 11.2. The highest BCUT2D eigenvalue weighted by atomic mass is 35.5. The number of fused-ring (bicyclic) bond motifs is 5. The highest BCUT2D eigenvalue weighted by Gasteiger charge is 2.63. The van der Waals surface area contributed by atoms with E-state index in [4.69, 9.17) is 11.6 Å². The van der Waals surface area contributed by atoms with Gasteiger partial charge in [-0.2, -0.15) is 0 Å². The Balaban J connectivity index is 1.47. The summed E-state index contributed by atoms with van der Waals surface area (Å²) in [6.07, 6.45) is 14.2. The van der Waals surface area contributed by atoms with Crippen molar-refractivity contribution in [1.29, 1.82) is 0 Å². The lowest BCUT2D eigenvalue weighted by molar-refractivity contribution is -0.550. The summed E-state index contributed by atoms with van der Waals surface area (Å²) in [4.78, 5) is 10.2. The largest absolute Gasteiger partial charge is 0.295 e. The predicted molar refractivity (Wildman–Crippen MR) is 129 cm³/mol. The van der Waals surface area contributed by atoms with Crippen LogP contribution in [0, 0.1) is 62.4 Å². The van der Waals surface area contributed by atoms with E-state index < -0.39 is 5.00 Å². The first-order chi connectivity index (χ1) is 14.5. The maximum atomic E-state index is 11.6. The van der Waals surface area contributed by atoms with Gasteiger partial charge in [-0.25, -0.2) is 0 Å². The summed E-state index contributed by atoms with van der Waals surface area (Å²) in [5, 5.41) is 11.6. The van der Waals surface area contributed by atoms with E-state index in [1.54, 1.807) is 0 Å². The molecule has 0 aliphatic heterocycles. The smallest absolute Gasteiger partial charge is 0.263 e. The van der Waals surface area contributed by atoms with Crippen LogP contribution in [0.1, 0.15) is 112 Å². The molecule has 0 saturated heterocycles. The monoisotopic (exact) mass is 451 g/mol. The lowest BCUT2D eigenvalue weighted by Gasteiger charge is -2.61. The molecule has 0 radical (unpaired) electrons. The van der Waals surface area contributed by atoms with E-state index in [1.807, 2.05) is 0 Å². The predicted octanol–water partition coefficient (Wildman–Crippen LogP) is 8.32. The Morgan fingerprint density at radius 2 is 1.65 bits per heavy atom. The highest BCUT2D eigenvalue weighted by molar-refractivity contribution is 6.22. The van der Waals surface area contributed by atoms with Crippen LogP contribution in [0.15, 0.2) is 0 Å². The van der Waals surface area contributed by atoms with Gasteiger partial charge in [-0.05, 0) is 109 Å². The lowest BCUT2D eigenvalue weighted by atomic mass is 9.44. The zero-order valence-corrected chi connectivity index (χ0v) is 21.4. The molecule has 0 amide bonds. The first-order valence-electron chi connectivity index (χ1n) is 13.3.